The molecule has 1 N–H and O–H groups in total. The van der Waals surface area contributed by atoms with Gasteiger partial charge in [-0.2, -0.15) is 0 Å². The molecule has 4 nitrogen and oxygen atoms in total. The van der Waals surface area contributed by atoms with E-state index in [2.05, 4.69) is 94.5 Å². The molecule has 3 aromatic rings. The monoisotopic (exact) mass is 708 g/mol. The normalized spacial score (nSPS) is 38.5. The molecule has 0 amide bonds. The highest BCUT2D eigenvalue weighted by molar-refractivity contribution is 7.16. The smallest absolute Gasteiger partial charge is 0.337 e. The molecule has 9 atom stereocenters. The van der Waals surface area contributed by atoms with E-state index in [0.717, 1.165) is 17.2 Å². The van der Waals surface area contributed by atoms with Gasteiger partial charge in [0.1, 0.15) is 0 Å². The van der Waals surface area contributed by atoms with Crippen LogP contribution in [0.25, 0.3) is 16.1 Å². The summed E-state index contributed by atoms with van der Waals surface area (Å²) in [4.78, 5) is 18.6. The fraction of sp³-hybridized carbons (Fsp3) is 0.591. The second-order valence-electron chi connectivity index (χ2n) is 18.1. The molecule has 0 unspecified atom stereocenters. The summed E-state index contributed by atoms with van der Waals surface area (Å²) >= 11 is 3.57. The summed E-state index contributed by atoms with van der Waals surface area (Å²) in [6, 6.07) is 12.4. The third-order valence-corrected chi connectivity index (χ3v) is 17.5. The lowest BCUT2D eigenvalue weighted by Gasteiger charge is -2.72. The van der Waals surface area contributed by atoms with Crippen LogP contribution in [0.3, 0.4) is 0 Å². The first kappa shape index (κ1) is 34.4. The van der Waals surface area contributed by atoms with Crippen molar-refractivity contribution < 1.29 is 9.53 Å². The largest absolute Gasteiger partial charge is 0.465 e. The van der Waals surface area contributed by atoms with Crippen LogP contribution in [-0.4, -0.2) is 23.6 Å². The first-order valence-electron chi connectivity index (χ1n) is 19.1. The van der Waals surface area contributed by atoms with Crippen LogP contribution in [0.1, 0.15) is 115 Å². The molecule has 0 bridgehead atoms. The van der Waals surface area contributed by atoms with Crippen molar-refractivity contribution in [2.75, 3.05) is 12.4 Å². The van der Waals surface area contributed by atoms with Gasteiger partial charge in [-0.05, 0) is 151 Å². The second kappa shape index (κ2) is 11.9. The molecular weight excluding hydrogens is 653 g/mol. The zero-order chi connectivity index (χ0) is 35.3. The summed E-state index contributed by atoms with van der Waals surface area (Å²) < 4.78 is 4.97. The van der Waals surface area contributed by atoms with Crippen molar-refractivity contribution in [3.63, 3.8) is 0 Å². The number of methoxy groups -OCH3 is 1. The number of benzene rings is 1. The molecule has 0 radical (unpaired) electrons. The molecule has 8 rings (SSSR count). The highest BCUT2D eigenvalue weighted by Crippen LogP contribution is 2.77. The molecule has 2 aromatic heterocycles. The van der Waals surface area contributed by atoms with Gasteiger partial charge in [0.25, 0.3) is 0 Å². The van der Waals surface area contributed by atoms with Gasteiger partial charge in [0.15, 0.2) is 5.13 Å². The Labute approximate surface area is 308 Å². The van der Waals surface area contributed by atoms with Crippen LogP contribution in [0.5, 0.6) is 0 Å². The predicted molar refractivity (Wildman–Crippen MR) is 209 cm³/mol. The first-order valence-corrected chi connectivity index (χ1v) is 20.9. The first-order chi connectivity index (χ1) is 23.8. The summed E-state index contributed by atoms with van der Waals surface area (Å²) in [5, 5.41) is 9.68. The minimum absolute atomic E-state index is 0.0523. The number of esters is 1. The summed E-state index contributed by atoms with van der Waals surface area (Å²) in [5.74, 6) is 2.90. The van der Waals surface area contributed by atoms with E-state index in [1.54, 1.807) is 22.7 Å². The Morgan fingerprint density at radius 3 is 2.40 bits per heavy atom. The molecule has 1 aromatic carbocycles. The van der Waals surface area contributed by atoms with Crippen molar-refractivity contribution in [1.82, 2.24) is 4.98 Å². The van der Waals surface area contributed by atoms with Crippen molar-refractivity contribution in [2.45, 2.75) is 105 Å². The summed E-state index contributed by atoms with van der Waals surface area (Å²) in [6.45, 7) is 20.1. The molecule has 5 aliphatic rings. The van der Waals surface area contributed by atoms with Gasteiger partial charge in [-0.1, -0.05) is 71.0 Å². The predicted octanol–water partition coefficient (Wildman–Crippen LogP) is 12.2. The Bertz CT molecular complexity index is 1820. The van der Waals surface area contributed by atoms with Crippen LogP contribution in [-0.2, 0) is 4.74 Å². The van der Waals surface area contributed by atoms with Crippen LogP contribution in [0.2, 0.25) is 0 Å². The number of anilines is 1. The quantitative estimate of drug-likeness (QED) is 0.205. The number of fused-ring (bicyclic) bond motifs is 7. The van der Waals surface area contributed by atoms with E-state index >= 15 is 0 Å². The van der Waals surface area contributed by atoms with Crippen LogP contribution in [0, 0.1) is 51.2 Å². The maximum atomic E-state index is 12.2. The number of aromatic nitrogens is 1. The molecule has 4 fully saturated rings. The van der Waals surface area contributed by atoms with Gasteiger partial charge < -0.3 is 10.1 Å². The van der Waals surface area contributed by atoms with Crippen molar-refractivity contribution in [1.29, 1.82) is 0 Å². The van der Waals surface area contributed by atoms with Gasteiger partial charge in [-0.3, -0.25) is 0 Å². The number of thiophene rings is 1. The molecule has 0 saturated heterocycles. The third-order valence-electron chi connectivity index (χ3n) is 15.9. The summed E-state index contributed by atoms with van der Waals surface area (Å²) in [5.41, 5.74) is 6.81. The van der Waals surface area contributed by atoms with E-state index < -0.39 is 0 Å². The van der Waals surface area contributed by atoms with Gasteiger partial charge in [0, 0.05) is 10.9 Å². The SMILES string of the molecule is C=C(C)[C@@H]1CC[C@]2(Nc3nc(-c4cccs4)cs3)CC[C@]3(C)[C@H](CC[C@@H]4[C@@]5(C)CC=C(c6ccc(C(=O)OC)cc6)C(C)(C)[C@@H]5CC[C@]43C)[C@@H]12. The van der Waals surface area contributed by atoms with Crippen molar-refractivity contribution in [3.8, 4) is 10.6 Å². The summed E-state index contributed by atoms with van der Waals surface area (Å²) in [7, 11) is 1.45. The number of thiazole rings is 1. The van der Waals surface area contributed by atoms with Crippen LogP contribution < -0.4 is 5.32 Å². The van der Waals surface area contributed by atoms with E-state index in [0.29, 0.717) is 46.0 Å². The van der Waals surface area contributed by atoms with Crippen LogP contribution >= 0.6 is 22.7 Å². The van der Waals surface area contributed by atoms with Gasteiger partial charge in [-0.15, -0.1) is 22.7 Å². The van der Waals surface area contributed by atoms with E-state index in [-0.39, 0.29) is 22.3 Å². The van der Waals surface area contributed by atoms with Crippen molar-refractivity contribution in [2.24, 2.45) is 51.2 Å². The average Bonchev–Trinajstić information content (AvgIpc) is 3.86. The Hall–Kier alpha value is -2.70. The number of nitrogens with one attached hydrogen (secondary N) is 1. The number of allylic oxidation sites excluding steroid dienone is 3. The van der Waals surface area contributed by atoms with E-state index in [1.807, 2.05) is 12.1 Å². The number of carbonyl (C=O) groups excluding carboxylic acids is 1. The fourth-order valence-corrected chi connectivity index (χ4v) is 15.0. The van der Waals surface area contributed by atoms with Gasteiger partial charge >= 0.3 is 5.97 Å². The minimum Gasteiger partial charge on any atom is -0.465 e. The number of ether oxygens (including phenoxy) is 1. The third kappa shape index (κ3) is 4.86. The lowest BCUT2D eigenvalue weighted by atomic mass is 9.33. The topological polar surface area (TPSA) is 51.2 Å². The Morgan fingerprint density at radius 2 is 1.70 bits per heavy atom. The highest BCUT2D eigenvalue weighted by Gasteiger charge is 2.70. The Kier molecular flexibility index (Phi) is 8.19. The van der Waals surface area contributed by atoms with E-state index in [9.17, 15) is 4.79 Å². The number of carbonyl (C=O) groups is 1. The van der Waals surface area contributed by atoms with Crippen LogP contribution in [0.15, 0.2) is 65.4 Å². The van der Waals surface area contributed by atoms with E-state index in [4.69, 9.17) is 9.72 Å². The molecular formula is C44H56N2O2S2. The molecule has 50 heavy (non-hydrogen) atoms. The van der Waals surface area contributed by atoms with Crippen molar-refractivity contribution >= 4 is 39.3 Å². The molecule has 4 saturated carbocycles. The zero-order valence-electron chi connectivity index (χ0n) is 31.2. The minimum atomic E-state index is -0.272. The number of nitrogens with zero attached hydrogens (tertiary/aromatic N) is 1. The number of rotatable bonds is 6. The number of hydrogen-bond acceptors (Lipinski definition) is 6. The zero-order valence-corrected chi connectivity index (χ0v) is 32.9. The van der Waals surface area contributed by atoms with E-state index in [1.165, 1.54) is 80.1 Å². The number of hydrogen-bond donors (Lipinski definition) is 1. The molecule has 0 aliphatic heterocycles. The second-order valence-corrected chi connectivity index (χ2v) is 19.9. The standard InChI is InChI=1S/C44H56N2O2S2/c1-27(2)30-17-22-44(46-39-45-33(26-50-39)34-10-9-25-49-34)24-23-42(6)32(37(30)44)15-16-36-41(5)20-18-31(28-11-13-29(14-12-28)38(47)48-8)40(3,4)35(41)19-21-43(36,42)7/h9-14,18,25-26,30,32,35-37H,1,15-17,19-24H2,2-8H3,(H,45,46)/t30-,32+,35-,36+,37+,41-,42+,43+,44-/m0/s1. The molecule has 5 aliphatic carbocycles. The lowest BCUT2D eigenvalue weighted by Crippen LogP contribution is -2.67. The molecule has 2 heterocycles. The molecule has 6 heteroatoms. The van der Waals surface area contributed by atoms with Gasteiger partial charge in [0.05, 0.1) is 23.2 Å². The maximum Gasteiger partial charge on any atom is 0.337 e. The van der Waals surface area contributed by atoms with Crippen LogP contribution in [0.4, 0.5) is 5.13 Å². The fourth-order valence-electron chi connectivity index (χ4n) is 13.4. The maximum absolute atomic E-state index is 12.2. The molecule has 0 spiro atoms. The average molecular weight is 709 g/mol. The van der Waals surface area contributed by atoms with Gasteiger partial charge in [-0.25, -0.2) is 9.78 Å². The van der Waals surface area contributed by atoms with Gasteiger partial charge in [0.2, 0.25) is 0 Å². The Balaban J connectivity index is 1.11. The lowest BCUT2D eigenvalue weighted by molar-refractivity contribution is -0.216. The van der Waals surface area contributed by atoms with Crippen molar-refractivity contribution in [3.05, 3.63) is 76.5 Å². The summed E-state index contributed by atoms with van der Waals surface area (Å²) in [6.07, 6.45) is 13.9. The Morgan fingerprint density at radius 1 is 0.920 bits per heavy atom. The highest BCUT2D eigenvalue weighted by atomic mass is 32.1. The molecule has 266 valence electrons.